The molecule has 9 heteroatoms. The molecule has 1 aliphatic heterocycles. The van der Waals surface area contributed by atoms with Crippen LogP contribution in [0.25, 0.3) is 10.6 Å². The summed E-state index contributed by atoms with van der Waals surface area (Å²) in [6.45, 7) is 6.34. The molecule has 172 valence electrons. The van der Waals surface area contributed by atoms with E-state index in [2.05, 4.69) is 26.9 Å². The number of nitrogen functional groups attached to an aromatic ring is 1. The van der Waals surface area contributed by atoms with Crippen molar-refractivity contribution in [1.29, 1.82) is 0 Å². The predicted molar refractivity (Wildman–Crippen MR) is 127 cm³/mol. The van der Waals surface area contributed by atoms with Crippen molar-refractivity contribution in [3.8, 4) is 10.6 Å². The summed E-state index contributed by atoms with van der Waals surface area (Å²) in [4.78, 5) is 16.0. The maximum Gasteiger partial charge on any atom is 0.220 e. The van der Waals surface area contributed by atoms with Gasteiger partial charge in [0, 0.05) is 12.1 Å². The van der Waals surface area contributed by atoms with Crippen LogP contribution in [0, 0.1) is 0 Å². The molecule has 1 aliphatic carbocycles. The molecule has 2 atom stereocenters. The molecule has 2 aromatic heterocycles. The Morgan fingerprint density at radius 3 is 2.61 bits per heavy atom. The highest BCUT2D eigenvalue weighted by atomic mass is 35.5. The number of thiazole rings is 1. The summed E-state index contributed by atoms with van der Waals surface area (Å²) >= 11 is 7.79. The average Bonchev–Trinajstić information content (AvgIpc) is 3.20. The van der Waals surface area contributed by atoms with Crippen LogP contribution in [0.1, 0.15) is 63.3 Å². The number of anilines is 1. The molecule has 3 heterocycles. The molecule has 0 amide bonds. The molecule has 1 saturated heterocycles. The van der Waals surface area contributed by atoms with Crippen molar-refractivity contribution in [1.82, 2.24) is 19.9 Å². The SMILES string of the molecule is CC(C)OC1CCCC(O)C1.CN1CCC(c2ncc(-c3nc(N)ncc3Cl)s2)CC1. The third-order valence-electron chi connectivity index (χ3n) is 5.65. The highest BCUT2D eigenvalue weighted by Gasteiger charge is 2.22. The zero-order chi connectivity index (χ0) is 22.4. The first kappa shape index (κ1) is 24.3. The Hall–Kier alpha value is -1.32. The minimum atomic E-state index is -0.118. The van der Waals surface area contributed by atoms with Crippen LogP contribution in [0.3, 0.4) is 0 Å². The second kappa shape index (κ2) is 11.5. The maximum absolute atomic E-state index is 9.31. The second-order valence-corrected chi connectivity index (χ2v) is 10.2. The average molecular weight is 468 g/mol. The number of halogens is 1. The molecule has 0 bridgehead atoms. The van der Waals surface area contributed by atoms with Crippen molar-refractivity contribution >= 4 is 28.9 Å². The van der Waals surface area contributed by atoms with Gasteiger partial charge in [0.1, 0.15) is 5.69 Å². The molecular weight excluding hydrogens is 434 g/mol. The molecule has 2 unspecified atom stereocenters. The Labute approximate surface area is 194 Å². The number of aliphatic hydroxyl groups excluding tert-OH is 1. The number of nitrogens with two attached hydrogens (primary N) is 1. The van der Waals surface area contributed by atoms with Crippen LogP contribution in [0.15, 0.2) is 12.4 Å². The third-order valence-corrected chi connectivity index (χ3v) is 7.09. The van der Waals surface area contributed by atoms with Gasteiger partial charge in [-0.15, -0.1) is 11.3 Å². The number of nitrogens with zero attached hydrogens (tertiary/aromatic N) is 4. The van der Waals surface area contributed by atoms with Gasteiger partial charge in [-0.05, 0) is 72.5 Å². The van der Waals surface area contributed by atoms with Crippen molar-refractivity contribution in [3.05, 3.63) is 22.4 Å². The van der Waals surface area contributed by atoms with Crippen molar-refractivity contribution in [2.45, 2.75) is 76.6 Å². The summed E-state index contributed by atoms with van der Waals surface area (Å²) in [6.07, 6.45) is 10.2. The summed E-state index contributed by atoms with van der Waals surface area (Å²) in [5.74, 6) is 0.779. The van der Waals surface area contributed by atoms with Crippen LogP contribution in [0.2, 0.25) is 5.02 Å². The van der Waals surface area contributed by atoms with Crippen molar-refractivity contribution in [2.75, 3.05) is 25.9 Å². The standard InChI is InChI=1S/C13H16ClN5S.C9H18O2/c1-19-4-2-8(3-5-19)12-16-7-10(20-12)11-9(14)6-17-13(15)18-11;1-7(2)11-9-5-3-4-8(10)6-9/h6-8H,2-5H2,1H3,(H2,15,17,18);7-10H,3-6H2,1-2H3. The first-order valence-electron chi connectivity index (χ1n) is 11.1. The predicted octanol–water partition coefficient (Wildman–Crippen LogP) is 4.36. The van der Waals surface area contributed by atoms with Gasteiger partial charge in [0.05, 0.1) is 39.4 Å². The van der Waals surface area contributed by atoms with Crippen LogP contribution < -0.4 is 5.73 Å². The Balaban J connectivity index is 0.000000210. The van der Waals surface area contributed by atoms with E-state index in [-0.39, 0.29) is 12.1 Å². The molecule has 3 N–H and O–H groups in total. The first-order chi connectivity index (χ1) is 14.8. The van der Waals surface area contributed by atoms with Crippen LogP contribution >= 0.6 is 22.9 Å². The maximum atomic E-state index is 9.31. The fourth-order valence-electron chi connectivity index (χ4n) is 4.02. The first-order valence-corrected chi connectivity index (χ1v) is 12.3. The topological polar surface area (TPSA) is 97.4 Å². The molecule has 0 aromatic carbocycles. The summed E-state index contributed by atoms with van der Waals surface area (Å²) < 4.78 is 5.60. The van der Waals surface area contributed by atoms with Crippen molar-refractivity contribution in [2.24, 2.45) is 0 Å². The van der Waals surface area contributed by atoms with Gasteiger partial charge in [-0.1, -0.05) is 11.6 Å². The van der Waals surface area contributed by atoms with Gasteiger partial charge in [0.2, 0.25) is 5.95 Å². The molecule has 1 saturated carbocycles. The summed E-state index contributed by atoms with van der Waals surface area (Å²) in [7, 11) is 2.16. The van der Waals surface area contributed by atoms with E-state index in [1.54, 1.807) is 11.3 Å². The van der Waals surface area contributed by atoms with Crippen LogP contribution in [0.5, 0.6) is 0 Å². The largest absolute Gasteiger partial charge is 0.393 e. The fourth-order valence-corrected chi connectivity index (χ4v) is 5.36. The molecular formula is C22H34ClN5O2S. The Morgan fingerprint density at radius 1 is 1.19 bits per heavy atom. The molecule has 2 aromatic rings. The number of aliphatic hydroxyl groups is 1. The minimum Gasteiger partial charge on any atom is -0.393 e. The molecule has 2 fully saturated rings. The lowest BCUT2D eigenvalue weighted by molar-refractivity contribution is -0.0429. The number of likely N-dealkylation sites (tertiary alicyclic amines) is 1. The van der Waals surface area contributed by atoms with E-state index in [9.17, 15) is 5.11 Å². The molecule has 7 nitrogen and oxygen atoms in total. The molecule has 2 aliphatic rings. The van der Waals surface area contributed by atoms with Gasteiger partial charge in [-0.2, -0.15) is 0 Å². The van der Waals surface area contributed by atoms with Crippen LogP contribution in [0.4, 0.5) is 5.95 Å². The Morgan fingerprint density at radius 2 is 1.94 bits per heavy atom. The summed E-state index contributed by atoms with van der Waals surface area (Å²) in [5, 5.41) is 11.0. The highest BCUT2D eigenvalue weighted by Crippen LogP contribution is 2.36. The lowest BCUT2D eigenvalue weighted by Crippen LogP contribution is -2.29. The van der Waals surface area contributed by atoms with Crippen LogP contribution in [-0.2, 0) is 4.74 Å². The van der Waals surface area contributed by atoms with Crippen molar-refractivity contribution < 1.29 is 9.84 Å². The molecule has 0 radical (unpaired) electrons. The van der Waals surface area contributed by atoms with Gasteiger partial charge in [-0.3, -0.25) is 0 Å². The second-order valence-electron chi connectivity index (χ2n) is 8.69. The lowest BCUT2D eigenvalue weighted by atomic mass is 9.95. The number of ether oxygens (including phenoxy) is 1. The zero-order valence-corrected chi connectivity index (χ0v) is 20.2. The van der Waals surface area contributed by atoms with Crippen molar-refractivity contribution in [3.63, 3.8) is 0 Å². The van der Waals surface area contributed by atoms with E-state index in [1.165, 1.54) is 11.2 Å². The number of piperidine rings is 1. The molecule has 31 heavy (non-hydrogen) atoms. The van der Waals surface area contributed by atoms with Crippen LogP contribution in [-0.4, -0.2) is 63.4 Å². The van der Waals surface area contributed by atoms with Gasteiger partial charge >= 0.3 is 0 Å². The highest BCUT2D eigenvalue weighted by molar-refractivity contribution is 7.15. The third kappa shape index (κ3) is 7.36. The van der Waals surface area contributed by atoms with Gasteiger partial charge < -0.3 is 20.5 Å². The van der Waals surface area contributed by atoms with E-state index >= 15 is 0 Å². The minimum absolute atomic E-state index is 0.118. The zero-order valence-electron chi connectivity index (χ0n) is 18.6. The van der Waals surface area contributed by atoms with Gasteiger partial charge in [0.25, 0.3) is 0 Å². The van der Waals surface area contributed by atoms with E-state index in [4.69, 9.17) is 22.1 Å². The number of aromatic nitrogens is 3. The van der Waals surface area contributed by atoms with E-state index in [0.717, 1.165) is 56.5 Å². The molecule has 4 rings (SSSR count). The lowest BCUT2D eigenvalue weighted by Gasteiger charge is -2.27. The quantitative estimate of drug-likeness (QED) is 0.689. The Bertz CT molecular complexity index is 824. The van der Waals surface area contributed by atoms with E-state index < -0.39 is 0 Å². The monoisotopic (exact) mass is 467 g/mol. The van der Waals surface area contributed by atoms with Gasteiger partial charge in [-0.25, -0.2) is 15.0 Å². The number of rotatable bonds is 4. The smallest absolute Gasteiger partial charge is 0.220 e. The van der Waals surface area contributed by atoms with E-state index in [1.807, 2.05) is 20.0 Å². The number of hydrogen-bond donors (Lipinski definition) is 2. The normalized spacial score (nSPS) is 22.9. The van der Waals surface area contributed by atoms with Gasteiger partial charge in [0.15, 0.2) is 0 Å². The summed E-state index contributed by atoms with van der Waals surface area (Å²) in [5.41, 5.74) is 6.30. The molecule has 0 spiro atoms. The fraction of sp³-hybridized carbons (Fsp3) is 0.682. The number of hydrogen-bond acceptors (Lipinski definition) is 8. The van der Waals surface area contributed by atoms with E-state index in [0.29, 0.717) is 28.8 Å². The Kier molecular flexibility index (Phi) is 9.04. The summed E-state index contributed by atoms with van der Waals surface area (Å²) in [6, 6.07) is 0.